The molecule has 1 aromatic rings. The standard InChI is InChI=1S/C12H16ClNO2/c1-8(4-5-15)14-11-7-16-12-3-2-9(13)6-10(11)12/h2-3,6,8,11,14-15H,4-5,7H2,1H3. The van der Waals surface area contributed by atoms with Crippen LogP contribution < -0.4 is 10.1 Å². The molecule has 3 nitrogen and oxygen atoms in total. The van der Waals surface area contributed by atoms with Crippen molar-refractivity contribution in [3.63, 3.8) is 0 Å². The number of aliphatic hydroxyl groups excluding tert-OH is 1. The maximum absolute atomic E-state index is 8.86. The van der Waals surface area contributed by atoms with Crippen LogP contribution in [0.4, 0.5) is 0 Å². The highest BCUT2D eigenvalue weighted by atomic mass is 35.5. The highest BCUT2D eigenvalue weighted by molar-refractivity contribution is 6.30. The van der Waals surface area contributed by atoms with Crippen molar-refractivity contribution in [3.05, 3.63) is 28.8 Å². The van der Waals surface area contributed by atoms with Crippen LogP contribution in [0.3, 0.4) is 0 Å². The van der Waals surface area contributed by atoms with E-state index in [4.69, 9.17) is 21.4 Å². The predicted molar refractivity (Wildman–Crippen MR) is 64.0 cm³/mol. The van der Waals surface area contributed by atoms with Crippen molar-refractivity contribution in [1.82, 2.24) is 5.32 Å². The molecule has 1 aliphatic heterocycles. The number of fused-ring (bicyclic) bond motifs is 1. The Kier molecular flexibility index (Phi) is 3.69. The van der Waals surface area contributed by atoms with Gasteiger partial charge >= 0.3 is 0 Å². The van der Waals surface area contributed by atoms with E-state index in [0.717, 1.165) is 22.8 Å². The van der Waals surface area contributed by atoms with E-state index in [1.54, 1.807) is 0 Å². The summed E-state index contributed by atoms with van der Waals surface area (Å²) in [5, 5.41) is 13.0. The van der Waals surface area contributed by atoms with Gasteiger partial charge in [0.15, 0.2) is 0 Å². The van der Waals surface area contributed by atoms with E-state index < -0.39 is 0 Å². The molecule has 0 bridgehead atoms. The lowest BCUT2D eigenvalue weighted by Gasteiger charge is -2.17. The van der Waals surface area contributed by atoms with E-state index >= 15 is 0 Å². The third-order valence-electron chi connectivity index (χ3n) is 2.80. The fourth-order valence-electron chi connectivity index (χ4n) is 1.94. The number of nitrogens with one attached hydrogen (secondary N) is 1. The molecule has 0 spiro atoms. The summed E-state index contributed by atoms with van der Waals surface area (Å²) >= 11 is 5.96. The minimum absolute atomic E-state index is 0.176. The maximum atomic E-state index is 8.86. The van der Waals surface area contributed by atoms with Gasteiger partial charge in [-0.3, -0.25) is 0 Å². The van der Waals surface area contributed by atoms with Crippen molar-refractivity contribution in [3.8, 4) is 5.75 Å². The average molecular weight is 242 g/mol. The Balaban J connectivity index is 2.08. The summed E-state index contributed by atoms with van der Waals surface area (Å²) in [6, 6.07) is 6.11. The van der Waals surface area contributed by atoms with Crippen molar-refractivity contribution in [2.75, 3.05) is 13.2 Å². The Labute approximate surface area is 100 Å². The molecule has 0 saturated carbocycles. The molecule has 2 N–H and O–H groups in total. The normalized spacial score (nSPS) is 20.3. The van der Waals surface area contributed by atoms with Crippen LogP contribution in [0.1, 0.15) is 24.9 Å². The number of rotatable bonds is 4. The molecule has 0 aliphatic carbocycles. The van der Waals surface area contributed by atoms with E-state index in [9.17, 15) is 0 Å². The van der Waals surface area contributed by atoms with E-state index in [1.165, 1.54) is 0 Å². The predicted octanol–water partition coefficient (Wildman–Crippen LogP) is 2.13. The molecule has 16 heavy (non-hydrogen) atoms. The van der Waals surface area contributed by atoms with E-state index in [0.29, 0.717) is 6.61 Å². The van der Waals surface area contributed by atoms with Gasteiger partial charge in [0.1, 0.15) is 12.4 Å². The van der Waals surface area contributed by atoms with Gasteiger partial charge in [-0.2, -0.15) is 0 Å². The molecule has 4 heteroatoms. The van der Waals surface area contributed by atoms with Crippen LogP contribution in [0.5, 0.6) is 5.75 Å². The average Bonchev–Trinajstić information content (AvgIpc) is 2.61. The van der Waals surface area contributed by atoms with Gasteiger partial charge in [-0.25, -0.2) is 0 Å². The monoisotopic (exact) mass is 241 g/mol. The first-order chi connectivity index (χ1) is 7.70. The molecule has 0 fully saturated rings. The minimum Gasteiger partial charge on any atom is -0.491 e. The number of halogens is 1. The Morgan fingerprint density at radius 1 is 1.62 bits per heavy atom. The fourth-order valence-corrected chi connectivity index (χ4v) is 2.12. The third-order valence-corrected chi connectivity index (χ3v) is 3.04. The first-order valence-corrected chi connectivity index (χ1v) is 5.87. The van der Waals surface area contributed by atoms with Crippen LogP contribution in [-0.2, 0) is 0 Å². The SMILES string of the molecule is CC(CCO)NC1COc2ccc(Cl)cc21. The van der Waals surface area contributed by atoms with Gasteiger partial charge in [0.05, 0.1) is 6.04 Å². The zero-order chi connectivity index (χ0) is 11.5. The van der Waals surface area contributed by atoms with Crippen molar-refractivity contribution >= 4 is 11.6 Å². The van der Waals surface area contributed by atoms with Crippen molar-refractivity contribution in [2.24, 2.45) is 0 Å². The first kappa shape index (κ1) is 11.7. The molecule has 1 aliphatic rings. The fraction of sp³-hybridized carbons (Fsp3) is 0.500. The topological polar surface area (TPSA) is 41.5 Å². The molecule has 0 aromatic heterocycles. The quantitative estimate of drug-likeness (QED) is 0.849. The molecule has 0 amide bonds. The summed E-state index contributed by atoms with van der Waals surface area (Å²) in [5.41, 5.74) is 1.11. The number of benzene rings is 1. The smallest absolute Gasteiger partial charge is 0.124 e. The molecule has 0 radical (unpaired) electrons. The van der Waals surface area contributed by atoms with Gasteiger partial charge in [0.2, 0.25) is 0 Å². The van der Waals surface area contributed by atoms with E-state index in [1.807, 2.05) is 18.2 Å². The van der Waals surface area contributed by atoms with E-state index in [2.05, 4.69) is 12.2 Å². The second kappa shape index (κ2) is 5.04. The summed E-state index contributed by atoms with van der Waals surface area (Å²) in [6.45, 7) is 2.88. The van der Waals surface area contributed by atoms with Gasteiger partial charge in [0, 0.05) is 23.2 Å². The largest absolute Gasteiger partial charge is 0.491 e. The van der Waals surface area contributed by atoms with Crippen molar-refractivity contribution in [2.45, 2.75) is 25.4 Å². The van der Waals surface area contributed by atoms with Crippen LogP contribution >= 0.6 is 11.6 Å². The number of aliphatic hydroxyl groups is 1. The van der Waals surface area contributed by atoms with Gasteiger partial charge < -0.3 is 15.2 Å². The Morgan fingerprint density at radius 3 is 3.19 bits per heavy atom. The minimum atomic E-state index is 0.176. The summed E-state index contributed by atoms with van der Waals surface area (Å²) < 4.78 is 5.56. The van der Waals surface area contributed by atoms with Gasteiger partial charge in [-0.1, -0.05) is 11.6 Å². The summed E-state index contributed by atoms with van der Waals surface area (Å²) in [7, 11) is 0. The Morgan fingerprint density at radius 2 is 2.44 bits per heavy atom. The van der Waals surface area contributed by atoms with Crippen LogP contribution in [0.15, 0.2) is 18.2 Å². The molecular weight excluding hydrogens is 226 g/mol. The number of hydrogen-bond donors (Lipinski definition) is 2. The van der Waals surface area contributed by atoms with E-state index in [-0.39, 0.29) is 18.7 Å². The van der Waals surface area contributed by atoms with Crippen LogP contribution in [-0.4, -0.2) is 24.4 Å². The molecule has 88 valence electrons. The second-order valence-corrected chi connectivity index (χ2v) is 4.56. The molecule has 2 unspecified atom stereocenters. The first-order valence-electron chi connectivity index (χ1n) is 5.50. The molecule has 1 aromatic carbocycles. The Hall–Kier alpha value is -0.770. The lowest BCUT2D eigenvalue weighted by molar-refractivity contribution is 0.251. The van der Waals surface area contributed by atoms with Crippen LogP contribution in [0.25, 0.3) is 0 Å². The zero-order valence-electron chi connectivity index (χ0n) is 9.24. The zero-order valence-corrected chi connectivity index (χ0v) is 10.00. The highest BCUT2D eigenvalue weighted by Gasteiger charge is 2.25. The molecule has 2 atom stereocenters. The molecule has 1 heterocycles. The molecule has 0 saturated heterocycles. The summed E-state index contributed by atoms with van der Waals surface area (Å²) in [5.74, 6) is 0.901. The third kappa shape index (κ3) is 2.48. The van der Waals surface area contributed by atoms with Gasteiger partial charge in [-0.15, -0.1) is 0 Å². The second-order valence-electron chi connectivity index (χ2n) is 4.13. The van der Waals surface area contributed by atoms with Crippen molar-refractivity contribution in [1.29, 1.82) is 0 Å². The van der Waals surface area contributed by atoms with Crippen molar-refractivity contribution < 1.29 is 9.84 Å². The molecule has 2 rings (SSSR count). The number of hydrogen-bond acceptors (Lipinski definition) is 3. The lowest BCUT2D eigenvalue weighted by atomic mass is 10.1. The van der Waals surface area contributed by atoms with Gasteiger partial charge in [-0.05, 0) is 31.5 Å². The van der Waals surface area contributed by atoms with Gasteiger partial charge in [0.25, 0.3) is 0 Å². The molecular formula is C12H16ClNO2. The van der Waals surface area contributed by atoms with Crippen LogP contribution in [0.2, 0.25) is 5.02 Å². The highest BCUT2D eigenvalue weighted by Crippen LogP contribution is 2.34. The summed E-state index contributed by atoms with van der Waals surface area (Å²) in [6.07, 6.45) is 0.742. The lowest BCUT2D eigenvalue weighted by Crippen LogP contribution is -2.32. The number of ether oxygens (including phenoxy) is 1. The summed E-state index contributed by atoms with van der Waals surface area (Å²) in [4.78, 5) is 0. The maximum Gasteiger partial charge on any atom is 0.124 e. The van der Waals surface area contributed by atoms with Crippen LogP contribution in [0, 0.1) is 0 Å². The Bertz CT molecular complexity index is 370.